The summed E-state index contributed by atoms with van der Waals surface area (Å²) < 4.78 is 5.58. The predicted octanol–water partition coefficient (Wildman–Crippen LogP) is 3.11. The van der Waals surface area contributed by atoms with Crippen molar-refractivity contribution in [3.63, 3.8) is 0 Å². The van der Waals surface area contributed by atoms with E-state index in [1.807, 2.05) is 18.2 Å². The van der Waals surface area contributed by atoms with Gasteiger partial charge in [0.1, 0.15) is 5.52 Å². The van der Waals surface area contributed by atoms with Gasteiger partial charge in [0.2, 0.25) is 0 Å². The fraction of sp³-hybridized carbons (Fsp3) is 0.462. The highest BCUT2D eigenvalue weighted by Gasteiger charge is 2.09. The first-order valence-electron chi connectivity index (χ1n) is 5.96. The number of fused-ring (bicyclic) bond motifs is 1. The van der Waals surface area contributed by atoms with Crippen LogP contribution in [0.4, 0.5) is 11.7 Å². The van der Waals surface area contributed by atoms with E-state index in [2.05, 4.69) is 31.1 Å². The maximum Gasteiger partial charge on any atom is 0.295 e. The lowest BCUT2D eigenvalue weighted by atomic mass is 9.98. The highest BCUT2D eigenvalue weighted by Crippen LogP contribution is 2.21. The van der Waals surface area contributed by atoms with Crippen LogP contribution in [0.2, 0.25) is 0 Å². The third kappa shape index (κ3) is 2.70. The summed E-state index contributed by atoms with van der Waals surface area (Å²) in [6, 6.07) is 6.04. The van der Waals surface area contributed by atoms with Gasteiger partial charge in [-0.2, -0.15) is 4.98 Å². The molecule has 1 atom stereocenters. The van der Waals surface area contributed by atoms with Crippen LogP contribution in [0.25, 0.3) is 11.1 Å². The summed E-state index contributed by atoms with van der Waals surface area (Å²) in [6.45, 7) is 7.48. The van der Waals surface area contributed by atoms with Crippen LogP contribution in [0.1, 0.15) is 20.8 Å². The average molecular weight is 233 g/mol. The van der Waals surface area contributed by atoms with Crippen molar-refractivity contribution < 1.29 is 4.42 Å². The number of anilines is 2. The van der Waals surface area contributed by atoms with E-state index in [9.17, 15) is 0 Å². The van der Waals surface area contributed by atoms with Crippen LogP contribution in [0.3, 0.4) is 0 Å². The Hall–Kier alpha value is -1.71. The fourth-order valence-corrected chi connectivity index (χ4v) is 1.50. The normalized spacial score (nSPS) is 13.2. The topological polar surface area (TPSA) is 64.1 Å². The zero-order valence-electron chi connectivity index (χ0n) is 10.5. The molecular weight excluding hydrogens is 214 g/mol. The molecule has 0 aliphatic heterocycles. The number of aromatic nitrogens is 1. The molecule has 0 bridgehead atoms. The minimum atomic E-state index is 0.568. The molecule has 4 heteroatoms. The molecule has 0 amide bonds. The molecule has 0 aliphatic carbocycles. The number of nitrogens with one attached hydrogen (secondary N) is 1. The van der Waals surface area contributed by atoms with Gasteiger partial charge in [0.05, 0.1) is 0 Å². The Balaban J connectivity index is 2.09. The second-order valence-corrected chi connectivity index (χ2v) is 4.85. The van der Waals surface area contributed by atoms with Crippen LogP contribution in [0.15, 0.2) is 22.6 Å². The molecule has 0 spiro atoms. The minimum Gasteiger partial charge on any atom is -0.424 e. The first kappa shape index (κ1) is 11.8. The molecule has 2 aromatic rings. The van der Waals surface area contributed by atoms with E-state index in [-0.39, 0.29) is 0 Å². The molecule has 2 rings (SSSR count). The number of rotatable bonds is 4. The molecule has 1 aromatic carbocycles. The Morgan fingerprint density at radius 3 is 2.82 bits per heavy atom. The lowest BCUT2D eigenvalue weighted by molar-refractivity contribution is 0.435. The molecule has 0 radical (unpaired) electrons. The van der Waals surface area contributed by atoms with Crippen molar-refractivity contribution in [1.82, 2.24) is 4.98 Å². The van der Waals surface area contributed by atoms with Gasteiger partial charge in [-0.15, -0.1) is 0 Å². The van der Waals surface area contributed by atoms with E-state index in [4.69, 9.17) is 10.2 Å². The van der Waals surface area contributed by atoms with Crippen LogP contribution in [-0.4, -0.2) is 11.5 Å². The van der Waals surface area contributed by atoms with Crippen molar-refractivity contribution in [3.05, 3.63) is 18.2 Å². The van der Waals surface area contributed by atoms with Gasteiger partial charge in [0.25, 0.3) is 6.01 Å². The Kier molecular flexibility index (Phi) is 3.22. The zero-order valence-corrected chi connectivity index (χ0v) is 10.5. The zero-order chi connectivity index (χ0) is 12.4. The summed E-state index contributed by atoms with van der Waals surface area (Å²) in [5.41, 5.74) is 7.95. The molecule has 4 nitrogen and oxygen atoms in total. The Bertz CT molecular complexity index is 504. The maximum atomic E-state index is 5.69. The Morgan fingerprint density at radius 1 is 1.35 bits per heavy atom. The molecule has 17 heavy (non-hydrogen) atoms. The summed E-state index contributed by atoms with van der Waals surface area (Å²) >= 11 is 0. The molecular formula is C13H19N3O. The summed E-state index contributed by atoms with van der Waals surface area (Å²) in [5.74, 6) is 1.22. The van der Waals surface area contributed by atoms with Gasteiger partial charge in [-0.05, 0) is 30.0 Å². The highest BCUT2D eigenvalue weighted by molar-refractivity contribution is 5.78. The van der Waals surface area contributed by atoms with Crippen LogP contribution in [0.5, 0.6) is 0 Å². The van der Waals surface area contributed by atoms with E-state index in [0.717, 1.165) is 17.6 Å². The molecule has 1 unspecified atom stereocenters. The lowest BCUT2D eigenvalue weighted by Crippen LogP contribution is -2.16. The Morgan fingerprint density at radius 2 is 2.12 bits per heavy atom. The van der Waals surface area contributed by atoms with Crippen molar-refractivity contribution >= 4 is 22.8 Å². The number of nitrogen functional groups attached to an aromatic ring is 1. The third-order valence-electron chi connectivity index (χ3n) is 3.12. The van der Waals surface area contributed by atoms with E-state index < -0.39 is 0 Å². The van der Waals surface area contributed by atoms with E-state index in [1.54, 1.807) is 0 Å². The number of nitrogens with two attached hydrogens (primary N) is 1. The fourth-order valence-electron chi connectivity index (χ4n) is 1.50. The van der Waals surface area contributed by atoms with Crippen LogP contribution >= 0.6 is 0 Å². The van der Waals surface area contributed by atoms with Crippen molar-refractivity contribution in [2.45, 2.75) is 20.8 Å². The number of benzene rings is 1. The molecule has 0 fully saturated rings. The summed E-state index contributed by atoms with van der Waals surface area (Å²) in [4.78, 5) is 4.35. The molecule has 1 aromatic heterocycles. The molecule has 0 saturated carbocycles. The second-order valence-electron chi connectivity index (χ2n) is 4.85. The second kappa shape index (κ2) is 4.65. The number of hydrogen-bond donors (Lipinski definition) is 2. The SMILES string of the molecule is CC(C)C(C)CNc1nc2cc(N)ccc2o1. The van der Waals surface area contributed by atoms with E-state index >= 15 is 0 Å². The summed E-state index contributed by atoms with van der Waals surface area (Å²) in [7, 11) is 0. The molecule has 0 saturated heterocycles. The monoisotopic (exact) mass is 233 g/mol. The van der Waals surface area contributed by atoms with Crippen molar-refractivity contribution in [2.24, 2.45) is 11.8 Å². The summed E-state index contributed by atoms with van der Waals surface area (Å²) in [6.07, 6.45) is 0. The van der Waals surface area contributed by atoms with Crippen molar-refractivity contribution in [1.29, 1.82) is 0 Å². The molecule has 1 heterocycles. The van der Waals surface area contributed by atoms with Gasteiger partial charge < -0.3 is 15.5 Å². The van der Waals surface area contributed by atoms with Crippen LogP contribution in [0, 0.1) is 11.8 Å². The quantitative estimate of drug-likeness (QED) is 0.796. The lowest BCUT2D eigenvalue weighted by Gasteiger charge is -2.14. The standard InChI is InChI=1S/C13H19N3O/c1-8(2)9(3)7-15-13-16-11-6-10(14)4-5-12(11)17-13/h4-6,8-9H,7,14H2,1-3H3,(H,15,16). The number of oxazole rings is 1. The van der Waals surface area contributed by atoms with Gasteiger partial charge in [-0.25, -0.2) is 0 Å². The van der Waals surface area contributed by atoms with Crippen molar-refractivity contribution in [3.8, 4) is 0 Å². The average Bonchev–Trinajstić information content (AvgIpc) is 2.67. The molecule has 0 aliphatic rings. The summed E-state index contributed by atoms with van der Waals surface area (Å²) in [5, 5.41) is 3.22. The minimum absolute atomic E-state index is 0.568. The highest BCUT2D eigenvalue weighted by atomic mass is 16.4. The first-order valence-corrected chi connectivity index (χ1v) is 5.96. The predicted molar refractivity (Wildman–Crippen MR) is 70.9 cm³/mol. The van der Waals surface area contributed by atoms with Gasteiger partial charge in [-0.1, -0.05) is 20.8 Å². The maximum absolute atomic E-state index is 5.69. The van der Waals surface area contributed by atoms with E-state index in [0.29, 0.717) is 23.5 Å². The van der Waals surface area contributed by atoms with Gasteiger partial charge in [0.15, 0.2) is 5.58 Å². The number of nitrogens with zero attached hydrogens (tertiary/aromatic N) is 1. The first-order chi connectivity index (χ1) is 8.06. The number of hydrogen-bond acceptors (Lipinski definition) is 4. The van der Waals surface area contributed by atoms with Crippen LogP contribution < -0.4 is 11.1 Å². The Labute approximate surface area is 101 Å². The van der Waals surface area contributed by atoms with E-state index in [1.165, 1.54) is 0 Å². The smallest absolute Gasteiger partial charge is 0.295 e. The molecule has 3 N–H and O–H groups in total. The van der Waals surface area contributed by atoms with Gasteiger partial charge in [-0.3, -0.25) is 0 Å². The van der Waals surface area contributed by atoms with Crippen molar-refractivity contribution in [2.75, 3.05) is 17.6 Å². The van der Waals surface area contributed by atoms with Gasteiger partial charge in [0, 0.05) is 12.2 Å². The molecule has 92 valence electrons. The largest absolute Gasteiger partial charge is 0.424 e. The third-order valence-corrected chi connectivity index (χ3v) is 3.12. The van der Waals surface area contributed by atoms with Gasteiger partial charge >= 0.3 is 0 Å². The van der Waals surface area contributed by atoms with Crippen LogP contribution in [-0.2, 0) is 0 Å².